The number of amides is 5. The number of aliphatic hydroxyl groups is 1. The Balaban J connectivity index is 1.84. The number of rotatable bonds is 22. The molecule has 0 spiro atoms. The molecule has 0 aliphatic heterocycles. The maximum Gasteiger partial charge on any atom is 0.326 e. The van der Waals surface area contributed by atoms with Crippen LogP contribution in [-0.4, -0.2) is 118 Å². The number of ether oxygens (including phenoxy) is 2. The second kappa shape index (κ2) is 22.9. The minimum absolute atomic E-state index is 0.0181. The summed E-state index contributed by atoms with van der Waals surface area (Å²) >= 11 is 4.55. The van der Waals surface area contributed by atoms with Crippen molar-refractivity contribution in [2.45, 2.75) is 81.7 Å². The van der Waals surface area contributed by atoms with E-state index < -0.39 is 78.9 Å². The molecular formula is C41H54N6O12S. The maximum absolute atomic E-state index is 14.4. The third-order valence-electron chi connectivity index (χ3n) is 9.22. The molecule has 10 N–H and O–H groups in total. The fraction of sp³-hybridized carbons (Fsp3) is 0.415. The maximum atomic E-state index is 14.4. The molecule has 0 bridgehead atoms. The van der Waals surface area contributed by atoms with Crippen LogP contribution in [0.1, 0.15) is 43.9 Å². The van der Waals surface area contributed by atoms with E-state index in [4.69, 9.17) is 15.2 Å². The largest absolute Gasteiger partial charge is 0.508 e. The molecule has 0 aliphatic rings. The minimum atomic E-state index is -1.51. The van der Waals surface area contributed by atoms with E-state index in [-0.39, 0.29) is 43.2 Å². The number of nitrogens with two attached hydrogens (primary N) is 1. The van der Waals surface area contributed by atoms with Crippen molar-refractivity contribution in [3.05, 3.63) is 77.4 Å². The minimum Gasteiger partial charge on any atom is -0.508 e. The number of hydrogen-bond acceptors (Lipinski definition) is 13. The molecule has 0 saturated heterocycles. The number of hydrogen-bond donors (Lipinski definition) is 10. The number of nitrogens with one attached hydrogen (secondary N) is 4. The number of carbonyl (C=O) groups is 6. The van der Waals surface area contributed by atoms with E-state index in [0.29, 0.717) is 33.1 Å². The summed E-state index contributed by atoms with van der Waals surface area (Å²) in [6.45, 7) is 3.18. The van der Waals surface area contributed by atoms with Crippen LogP contribution in [0.5, 0.6) is 23.0 Å². The Labute approximate surface area is 353 Å². The molecule has 19 heteroatoms. The first kappa shape index (κ1) is 48.3. The summed E-state index contributed by atoms with van der Waals surface area (Å²) in [5.41, 5.74) is 7.65. The van der Waals surface area contributed by atoms with Gasteiger partial charge in [0.2, 0.25) is 29.5 Å². The molecule has 5 amide bonds. The zero-order valence-corrected chi connectivity index (χ0v) is 34.9. The summed E-state index contributed by atoms with van der Waals surface area (Å²) in [4.78, 5) is 81.2. The second-order valence-corrected chi connectivity index (χ2v) is 15.0. The number of aliphatic hydroxyl groups excluding tert-OH is 1. The van der Waals surface area contributed by atoms with Gasteiger partial charge < -0.3 is 61.8 Å². The van der Waals surface area contributed by atoms with Gasteiger partial charge in [0.25, 0.3) is 0 Å². The average molecular weight is 855 g/mol. The molecule has 0 radical (unpaired) electrons. The van der Waals surface area contributed by atoms with Crippen molar-refractivity contribution in [1.29, 1.82) is 0 Å². The van der Waals surface area contributed by atoms with Gasteiger partial charge in [-0.25, -0.2) is 4.79 Å². The van der Waals surface area contributed by atoms with Gasteiger partial charge >= 0.3 is 5.97 Å². The Morgan fingerprint density at radius 3 is 1.77 bits per heavy atom. The van der Waals surface area contributed by atoms with Crippen molar-refractivity contribution in [2.75, 3.05) is 27.4 Å². The van der Waals surface area contributed by atoms with Crippen LogP contribution in [0.2, 0.25) is 0 Å². The van der Waals surface area contributed by atoms with Crippen LogP contribution in [0.4, 0.5) is 0 Å². The summed E-state index contributed by atoms with van der Waals surface area (Å²) < 4.78 is 10.8. The van der Waals surface area contributed by atoms with E-state index in [2.05, 4.69) is 33.9 Å². The van der Waals surface area contributed by atoms with E-state index >= 15 is 0 Å². The Kier molecular flexibility index (Phi) is 18.5. The summed E-state index contributed by atoms with van der Waals surface area (Å²) in [7, 11) is 2.84. The van der Waals surface area contributed by atoms with Crippen LogP contribution in [-0.2, 0) is 48.2 Å². The van der Waals surface area contributed by atoms with Gasteiger partial charge in [-0.3, -0.25) is 24.0 Å². The third kappa shape index (κ3) is 14.6. The molecule has 5 atom stereocenters. The first-order valence-corrected chi connectivity index (χ1v) is 19.4. The summed E-state index contributed by atoms with van der Waals surface area (Å²) in [5.74, 6) is -4.91. The lowest BCUT2D eigenvalue weighted by atomic mass is 10.0. The highest BCUT2D eigenvalue weighted by Gasteiger charge is 2.33. The molecule has 0 aromatic heterocycles. The number of carbonyl (C=O) groups excluding carboxylic acids is 5. The van der Waals surface area contributed by atoms with Gasteiger partial charge in [0, 0.05) is 17.9 Å². The van der Waals surface area contributed by atoms with Gasteiger partial charge in [-0.1, -0.05) is 38.1 Å². The number of carboxylic acid groups (broad SMARTS) is 1. The molecule has 0 fully saturated rings. The average Bonchev–Trinajstić information content (AvgIpc) is 3.20. The van der Waals surface area contributed by atoms with Crippen molar-refractivity contribution in [1.82, 2.24) is 26.2 Å². The first-order valence-electron chi connectivity index (χ1n) is 18.9. The monoisotopic (exact) mass is 854 g/mol. The fourth-order valence-corrected chi connectivity index (χ4v) is 6.23. The number of phenols is 2. The lowest BCUT2D eigenvalue weighted by molar-refractivity contribution is -0.143. The Hall–Kier alpha value is -6.05. The lowest BCUT2D eigenvalue weighted by Crippen LogP contribution is -2.58. The molecule has 0 heterocycles. The van der Waals surface area contributed by atoms with Crippen LogP contribution in [0, 0.1) is 5.92 Å². The molecule has 3 rings (SSSR count). The van der Waals surface area contributed by atoms with Crippen molar-refractivity contribution >= 4 is 48.1 Å². The van der Waals surface area contributed by atoms with Gasteiger partial charge in [-0.05, 0) is 78.8 Å². The lowest BCUT2D eigenvalue weighted by Gasteiger charge is -2.30. The zero-order valence-electron chi connectivity index (χ0n) is 34.0. The molecule has 0 saturated carbocycles. The number of benzene rings is 3. The van der Waals surface area contributed by atoms with Gasteiger partial charge in [-0.2, -0.15) is 0 Å². The third-order valence-corrected chi connectivity index (χ3v) is 9.64. The number of phenolic OH excluding ortho intramolecular Hbond substituents is 2. The molecule has 60 heavy (non-hydrogen) atoms. The molecule has 3 aromatic carbocycles. The number of thiol groups is 1. The summed E-state index contributed by atoms with van der Waals surface area (Å²) in [5, 5.41) is 48.9. The van der Waals surface area contributed by atoms with E-state index in [1.807, 2.05) is 0 Å². The quantitative estimate of drug-likeness (QED) is 0.0622. The predicted octanol–water partition coefficient (Wildman–Crippen LogP) is 0.627. The number of methoxy groups -OCH3 is 2. The molecule has 326 valence electrons. The van der Waals surface area contributed by atoms with Crippen molar-refractivity contribution < 1.29 is 58.7 Å². The van der Waals surface area contributed by atoms with Crippen LogP contribution in [0.3, 0.4) is 0 Å². The van der Waals surface area contributed by atoms with E-state index in [1.165, 1.54) is 57.5 Å². The number of aliphatic carboxylic acids is 1. The zero-order chi connectivity index (χ0) is 44.7. The molecule has 3 aromatic rings. The summed E-state index contributed by atoms with van der Waals surface area (Å²) in [6.07, 6.45) is 0.00414. The van der Waals surface area contributed by atoms with Gasteiger partial charge in [0.1, 0.15) is 35.7 Å². The first-order chi connectivity index (χ1) is 28.3. The normalized spacial score (nSPS) is 13.5. The fourth-order valence-electron chi connectivity index (χ4n) is 5.98. The highest BCUT2D eigenvalue weighted by molar-refractivity contribution is 7.80. The Bertz CT molecular complexity index is 1960. The molecule has 0 unspecified atom stereocenters. The van der Waals surface area contributed by atoms with E-state index in [1.54, 1.807) is 38.1 Å². The number of aromatic hydroxyl groups is 2. The molecular weight excluding hydrogens is 801 g/mol. The SMILES string of the molecule is COc1cc(S)c(CN(CC(=O)N[C@@H](C)C(=O)N[C@@H](Cc2ccc(O)cc2)C(=O)O)C(=O)[C@H](CC(C)C)NC(=O)[C@H](CO)NC(=O)[C@@H](N)Cc2ccc(O)cc2)cc1OC. The van der Waals surface area contributed by atoms with E-state index in [0.717, 1.165) is 4.90 Å². The summed E-state index contributed by atoms with van der Waals surface area (Å²) in [6, 6.07) is 8.34. The Morgan fingerprint density at radius 2 is 1.25 bits per heavy atom. The van der Waals surface area contributed by atoms with Gasteiger partial charge in [0.15, 0.2) is 11.5 Å². The number of carboxylic acids is 1. The van der Waals surface area contributed by atoms with Gasteiger partial charge in [0.05, 0.1) is 33.4 Å². The van der Waals surface area contributed by atoms with Gasteiger partial charge in [-0.15, -0.1) is 12.6 Å². The highest BCUT2D eigenvalue weighted by atomic mass is 32.1. The number of nitrogens with zero attached hydrogens (tertiary/aromatic N) is 1. The van der Waals surface area contributed by atoms with Crippen LogP contribution < -0.4 is 36.5 Å². The standard InChI is InChI=1S/C41H54N6O12S/c1-22(2)14-30(44-39(54)32(21-48)46-38(53)29(42)15-24-6-10-27(49)11-7-24)40(55)47(19-26-17-33(58-4)34(59-5)18-35(26)60)20-36(51)43-23(3)37(52)45-31(41(56)57)16-25-8-12-28(50)13-9-25/h6-13,17-18,22-23,29-32,48-50,60H,14-16,19-21,42H2,1-5H3,(H,43,51)(H,44,54)(H,45,52)(H,46,53)(H,56,57)/t23-,29-,30-,31-,32-/m0/s1. The van der Waals surface area contributed by atoms with E-state index in [9.17, 15) is 49.2 Å². The molecule has 0 aliphatic carbocycles. The van der Waals surface area contributed by atoms with Crippen LogP contribution >= 0.6 is 12.6 Å². The smallest absolute Gasteiger partial charge is 0.326 e. The predicted molar refractivity (Wildman–Crippen MR) is 221 cm³/mol. The van der Waals surface area contributed by atoms with Crippen molar-refractivity contribution in [2.24, 2.45) is 11.7 Å². The Morgan fingerprint density at radius 1 is 0.733 bits per heavy atom. The molecule has 18 nitrogen and oxygen atoms in total. The highest BCUT2D eigenvalue weighted by Crippen LogP contribution is 2.33. The van der Waals surface area contributed by atoms with Crippen molar-refractivity contribution in [3.63, 3.8) is 0 Å². The van der Waals surface area contributed by atoms with Crippen molar-refractivity contribution in [3.8, 4) is 23.0 Å². The second-order valence-electron chi connectivity index (χ2n) is 14.5. The van der Waals surface area contributed by atoms with Crippen LogP contribution in [0.25, 0.3) is 0 Å². The topological polar surface area (TPSA) is 279 Å². The van der Waals surface area contributed by atoms with Crippen LogP contribution in [0.15, 0.2) is 65.6 Å².